The number of guanidine groups is 1. The Morgan fingerprint density at radius 2 is 1.90 bits per heavy atom. The summed E-state index contributed by atoms with van der Waals surface area (Å²) < 4.78 is 2.16. The van der Waals surface area contributed by atoms with Crippen molar-refractivity contribution in [2.24, 2.45) is 28.7 Å². The Labute approximate surface area is 192 Å². The van der Waals surface area contributed by atoms with E-state index in [9.17, 15) is 9.59 Å². The molecule has 2 bridgehead atoms. The molecule has 1 saturated carbocycles. The molecule has 2 aliphatic carbocycles. The molecule has 2 aliphatic heterocycles. The van der Waals surface area contributed by atoms with E-state index in [1.165, 1.54) is 4.90 Å². The maximum absolute atomic E-state index is 12.7. The number of aryl methyl sites for hydroxylation is 1. The molecule has 5 rings (SSSR count). The molecular weight excluding hydrogens is 497 g/mol. The number of rotatable bonds is 6. The monoisotopic (exact) mass is 525 g/mol. The Morgan fingerprint density at radius 3 is 2.60 bits per heavy atom. The van der Waals surface area contributed by atoms with Gasteiger partial charge in [0.05, 0.1) is 18.4 Å². The third kappa shape index (κ3) is 3.52. The summed E-state index contributed by atoms with van der Waals surface area (Å²) in [5.41, 5.74) is 0. The zero-order valence-corrected chi connectivity index (χ0v) is 19.4. The van der Waals surface area contributed by atoms with Crippen molar-refractivity contribution in [1.82, 2.24) is 30.3 Å². The van der Waals surface area contributed by atoms with Crippen LogP contribution >= 0.6 is 24.0 Å². The first-order valence-electron chi connectivity index (χ1n) is 10.6. The fourth-order valence-corrected chi connectivity index (χ4v) is 5.35. The van der Waals surface area contributed by atoms with E-state index in [0.717, 1.165) is 37.5 Å². The second-order valence-electron chi connectivity index (χ2n) is 8.32. The lowest BCUT2D eigenvalue weighted by molar-refractivity contribution is -0.140. The van der Waals surface area contributed by atoms with Crippen molar-refractivity contribution in [3.63, 3.8) is 0 Å². The lowest BCUT2D eigenvalue weighted by Crippen LogP contribution is -2.40. The van der Waals surface area contributed by atoms with Crippen LogP contribution in [0, 0.1) is 23.7 Å². The SMILES string of the molecule is CN=C(NCCCN1C(=O)C2C3C=CC(C3)C2C1=O)NCc1nnc2n1CCC2.I. The summed E-state index contributed by atoms with van der Waals surface area (Å²) in [6, 6.07) is 0. The number of fused-ring (bicyclic) bond motifs is 6. The minimum absolute atomic E-state index is 0. The van der Waals surface area contributed by atoms with Crippen LogP contribution in [0.1, 0.15) is 30.9 Å². The van der Waals surface area contributed by atoms with Gasteiger partial charge >= 0.3 is 0 Å². The van der Waals surface area contributed by atoms with Gasteiger partial charge in [-0.15, -0.1) is 34.2 Å². The number of hydrogen-bond acceptors (Lipinski definition) is 5. The molecule has 3 heterocycles. The van der Waals surface area contributed by atoms with Crippen molar-refractivity contribution in [3.8, 4) is 0 Å². The molecule has 10 heteroatoms. The number of carbonyl (C=O) groups is 2. The number of halogens is 1. The van der Waals surface area contributed by atoms with E-state index in [0.29, 0.717) is 32.0 Å². The van der Waals surface area contributed by atoms with Gasteiger partial charge in [0.15, 0.2) is 11.8 Å². The second kappa shape index (κ2) is 8.64. The molecule has 1 aromatic heterocycles. The van der Waals surface area contributed by atoms with Crippen LogP contribution in [0.15, 0.2) is 17.1 Å². The molecule has 4 unspecified atom stereocenters. The summed E-state index contributed by atoms with van der Waals surface area (Å²) >= 11 is 0. The molecule has 4 atom stereocenters. The standard InChI is InChI=1S/C20H27N7O2.HI/c1-21-20(23-11-15-25-24-14-4-2-8-26(14)15)22-7-3-9-27-18(28)16-12-5-6-13(10-12)17(16)19(27)29;/h5-6,12-13,16-17H,2-4,7-11H2,1H3,(H2,21,22,23);1H. The van der Waals surface area contributed by atoms with E-state index < -0.39 is 0 Å². The summed E-state index contributed by atoms with van der Waals surface area (Å²) in [5.74, 6) is 3.03. The first-order valence-corrected chi connectivity index (χ1v) is 10.6. The molecule has 2 amide bonds. The van der Waals surface area contributed by atoms with Crippen LogP contribution < -0.4 is 10.6 Å². The highest BCUT2D eigenvalue weighted by Crippen LogP contribution is 2.52. The number of nitrogens with one attached hydrogen (secondary N) is 2. The molecule has 9 nitrogen and oxygen atoms in total. The predicted octanol–water partition coefficient (Wildman–Crippen LogP) is 0.704. The number of aromatic nitrogens is 3. The molecule has 2 fully saturated rings. The summed E-state index contributed by atoms with van der Waals surface area (Å²) in [7, 11) is 1.72. The van der Waals surface area contributed by atoms with Crippen molar-refractivity contribution in [3.05, 3.63) is 23.8 Å². The Morgan fingerprint density at radius 1 is 1.17 bits per heavy atom. The van der Waals surface area contributed by atoms with E-state index in [1.807, 2.05) is 0 Å². The topological polar surface area (TPSA) is 105 Å². The minimum atomic E-state index is -0.107. The summed E-state index contributed by atoms with van der Waals surface area (Å²) in [4.78, 5) is 31.1. The van der Waals surface area contributed by atoms with Crippen molar-refractivity contribution >= 4 is 41.8 Å². The minimum Gasteiger partial charge on any atom is -0.356 e. The van der Waals surface area contributed by atoms with Crippen molar-refractivity contribution < 1.29 is 9.59 Å². The van der Waals surface area contributed by atoms with E-state index in [4.69, 9.17) is 0 Å². The Bertz CT molecular complexity index is 866. The molecule has 2 N–H and O–H groups in total. The highest BCUT2D eigenvalue weighted by atomic mass is 127. The molecule has 0 spiro atoms. The Balaban J connectivity index is 0.00000218. The second-order valence-corrected chi connectivity index (χ2v) is 8.32. The van der Waals surface area contributed by atoms with Gasteiger partial charge in [-0.05, 0) is 31.1 Å². The third-order valence-corrected chi connectivity index (χ3v) is 6.74. The zero-order chi connectivity index (χ0) is 20.0. The quantitative estimate of drug-likeness (QED) is 0.142. The summed E-state index contributed by atoms with van der Waals surface area (Å²) in [6.07, 6.45) is 8.04. The first-order chi connectivity index (χ1) is 14.2. The number of imide groups is 1. The van der Waals surface area contributed by atoms with Crippen LogP contribution in [-0.2, 0) is 29.1 Å². The number of amides is 2. The zero-order valence-electron chi connectivity index (χ0n) is 17.1. The maximum Gasteiger partial charge on any atom is 0.233 e. The lowest BCUT2D eigenvalue weighted by atomic mass is 9.85. The highest BCUT2D eigenvalue weighted by molar-refractivity contribution is 14.0. The summed E-state index contributed by atoms with van der Waals surface area (Å²) in [5, 5.41) is 15.0. The van der Waals surface area contributed by atoms with Crippen molar-refractivity contribution in [2.45, 2.75) is 38.8 Å². The van der Waals surface area contributed by atoms with Gasteiger partial charge in [0.2, 0.25) is 11.8 Å². The smallest absolute Gasteiger partial charge is 0.233 e. The molecule has 0 aromatic carbocycles. The summed E-state index contributed by atoms with van der Waals surface area (Å²) in [6.45, 7) is 2.64. The predicted molar refractivity (Wildman–Crippen MR) is 121 cm³/mol. The van der Waals surface area contributed by atoms with E-state index >= 15 is 0 Å². The number of hydrogen-bond donors (Lipinski definition) is 2. The van der Waals surface area contributed by atoms with Crippen LogP contribution in [0.25, 0.3) is 0 Å². The fourth-order valence-electron chi connectivity index (χ4n) is 5.35. The highest BCUT2D eigenvalue weighted by Gasteiger charge is 2.58. The van der Waals surface area contributed by atoms with Gasteiger partial charge in [-0.3, -0.25) is 19.5 Å². The van der Waals surface area contributed by atoms with Crippen LogP contribution in [0.3, 0.4) is 0 Å². The maximum atomic E-state index is 12.7. The lowest BCUT2D eigenvalue weighted by Gasteiger charge is -2.18. The third-order valence-electron chi connectivity index (χ3n) is 6.74. The van der Waals surface area contributed by atoms with Crippen LogP contribution in [0.4, 0.5) is 0 Å². The molecule has 30 heavy (non-hydrogen) atoms. The number of allylic oxidation sites excluding steroid dienone is 2. The Hall–Kier alpha value is -1.98. The normalized spacial score (nSPS) is 28.7. The van der Waals surface area contributed by atoms with E-state index in [2.05, 4.69) is 42.5 Å². The van der Waals surface area contributed by atoms with Gasteiger partial charge in [0.1, 0.15) is 5.82 Å². The first kappa shape index (κ1) is 21.3. The number of aliphatic imine (C=N–C) groups is 1. The van der Waals surface area contributed by atoms with Gasteiger partial charge in [-0.2, -0.15) is 0 Å². The van der Waals surface area contributed by atoms with Gasteiger partial charge < -0.3 is 15.2 Å². The van der Waals surface area contributed by atoms with Gasteiger partial charge in [0.25, 0.3) is 0 Å². The molecule has 1 saturated heterocycles. The number of likely N-dealkylation sites (tertiary alicyclic amines) is 1. The van der Waals surface area contributed by atoms with E-state index in [-0.39, 0.29) is 59.5 Å². The van der Waals surface area contributed by atoms with Crippen molar-refractivity contribution in [2.75, 3.05) is 20.1 Å². The Kier molecular flexibility index (Phi) is 6.12. The molecule has 0 radical (unpaired) electrons. The van der Waals surface area contributed by atoms with E-state index in [1.54, 1.807) is 7.05 Å². The van der Waals surface area contributed by atoms with Crippen LogP contribution in [0.5, 0.6) is 0 Å². The largest absolute Gasteiger partial charge is 0.356 e. The van der Waals surface area contributed by atoms with Crippen molar-refractivity contribution in [1.29, 1.82) is 0 Å². The number of nitrogens with zero attached hydrogens (tertiary/aromatic N) is 5. The average Bonchev–Trinajstić information content (AvgIpc) is 3.51. The fraction of sp³-hybridized carbons (Fsp3) is 0.650. The van der Waals surface area contributed by atoms with Gasteiger partial charge in [-0.1, -0.05) is 12.2 Å². The average molecular weight is 525 g/mol. The molecule has 1 aromatic rings. The van der Waals surface area contributed by atoms with Gasteiger partial charge in [-0.25, -0.2) is 0 Å². The molecular formula is C20H28IN7O2. The molecule has 4 aliphatic rings. The molecule has 162 valence electrons. The van der Waals surface area contributed by atoms with Gasteiger partial charge in [0, 0.05) is 33.1 Å². The van der Waals surface area contributed by atoms with Crippen LogP contribution in [-0.4, -0.2) is 57.6 Å². The van der Waals surface area contributed by atoms with Crippen LogP contribution in [0.2, 0.25) is 0 Å². The number of carbonyl (C=O) groups excluding carboxylic acids is 2.